The van der Waals surface area contributed by atoms with Crippen LogP contribution in [0.2, 0.25) is 0 Å². The molecule has 0 N–H and O–H groups in total. The Morgan fingerprint density at radius 2 is 0.770 bits per heavy atom. The number of nitrogens with zero attached hydrogens (tertiary/aromatic N) is 3. The number of fused-ring (bicyclic) bond motifs is 3. The third kappa shape index (κ3) is 6.99. The summed E-state index contributed by atoms with van der Waals surface area (Å²) in [7, 11) is 0. The van der Waals surface area contributed by atoms with Crippen LogP contribution in [-0.2, 0) is 0 Å². The van der Waals surface area contributed by atoms with Crippen molar-refractivity contribution < 1.29 is 0 Å². The molecule has 3 heterocycles. The summed E-state index contributed by atoms with van der Waals surface area (Å²) >= 11 is 1.85. The lowest BCUT2D eigenvalue weighted by Gasteiger charge is -2.13. The molecule has 3 aromatic heterocycles. The zero-order valence-electron chi connectivity index (χ0n) is 33.1. The zero-order valence-corrected chi connectivity index (χ0v) is 33.9. The zero-order chi connectivity index (χ0) is 40.5. The molecule has 0 saturated carbocycles. The van der Waals surface area contributed by atoms with Crippen LogP contribution in [0.1, 0.15) is 0 Å². The van der Waals surface area contributed by atoms with Gasteiger partial charge in [-0.1, -0.05) is 206 Å². The van der Waals surface area contributed by atoms with E-state index in [-0.39, 0.29) is 0 Å². The van der Waals surface area contributed by atoms with Crippen LogP contribution in [0.25, 0.3) is 110 Å². The van der Waals surface area contributed by atoms with Gasteiger partial charge in [-0.25, -0.2) is 15.0 Å². The van der Waals surface area contributed by atoms with Crippen molar-refractivity contribution in [1.29, 1.82) is 0 Å². The van der Waals surface area contributed by atoms with E-state index in [2.05, 4.69) is 212 Å². The van der Waals surface area contributed by atoms with Gasteiger partial charge in [-0.05, 0) is 51.6 Å². The minimum absolute atomic E-state index is 0.674. The number of benzene rings is 8. The van der Waals surface area contributed by atoms with Crippen LogP contribution in [0.4, 0.5) is 0 Å². The van der Waals surface area contributed by atoms with Gasteiger partial charge in [-0.3, -0.25) is 0 Å². The van der Waals surface area contributed by atoms with Gasteiger partial charge in [-0.15, -0.1) is 11.3 Å². The van der Waals surface area contributed by atoms with Crippen molar-refractivity contribution in [1.82, 2.24) is 15.0 Å². The number of rotatable bonds is 8. The number of para-hydroxylation sites is 1. The third-order valence-corrected chi connectivity index (χ3v) is 12.6. The van der Waals surface area contributed by atoms with E-state index in [0.717, 1.165) is 66.8 Å². The molecule has 0 aliphatic carbocycles. The molecular weight excluding hydrogens is 759 g/mol. The molecule has 3 nitrogen and oxygen atoms in total. The van der Waals surface area contributed by atoms with Gasteiger partial charge in [0.1, 0.15) is 0 Å². The Morgan fingerprint density at radius 3 is 1.39 bits per heavy atom. The van der Waals surface area contributed by atoms with Crippen LogP contribution in [0.3, 0.4) is 0 Å². The Bertz CT molecular complexity index is 3210. The molecule has 0 spiro atoms. The lowest BCUT2D eigenvalue weighted by molar-refractivity contribution is 1.18. The van der Waals surface area contributed by atoms with E-state index in [1.54, 1.807) is 0 Å². The van der Waals surface area contributed by atoms with Crippen molar-refractivity contribution >= 4 is 32.3 Å². The first-order valence-electron chi connectivity index (χ1n) is 20.5. The summed E-state index contributed by atoms with van der Waals surface area (Å²) in [6.45, 7) is 0. The van der Waals surface area contributed by atoms with E-state index in [4.69, 9.17) is 15.0 Å². The maximum atomic E-state index is 5.47. The lowest BCUT2D eigenvalue weighted by atomic mass is 9.94. The molecule has 0 amide bonds. The first-order valence-corrected chi connectivity index (χ1v) is 21.3. The standard InChI is InChI=1S/C57H37N3S/c1-5-16-38(17-6-1)40-28-32-42(33-29-40)50-37-51(60-57(59-50)45-34-30-41(31-35-45)39-18-7-2-8-19-39)46-24-15-25-47(36-46)54-53-52(43-20-9-3-10-21-43)55(44-22-11-4-12-23-44)61-56(53)48-26-13-14-27-49(48)58-54/h1-37H. The summed E-state index contributed by atoms with van der Waals surface area (Å²) in [5, 5.41) is 2.32. The average Bonchev–Trinajstić information content (AvgIpc) is 3.76. The Labute approximate surface area is 359 Å². The second kappa shape index (κ2) is 15.8. The first-order chi connectivity index (χ1) is 30.2. The van der Waals surface area contributed by atoms with Crippen molar-refractivity contribution in [3.63, 3.8) is 0 Å². The van der Waals surface area contributed by atoms with Crippen LogP contribution in [-0.4, -0.2) is 15.0 Å². The SMILES string of the molecule is c1ccc(-c2ccc(-c3cc(-c4cccc(-c5nc6ccccc6c6sc(-c7ccccc7)c(-c7ccccc7)c56)c4)nc(-c4ccc(-c5ccccc5)cc4)n3)cc2)cc1. The van der Waals surface area contributed by atoms with Gasteiger partial charge in [0, 0.05) is 48.2 Å². The molecule has 0 aliphatic rings. The molecule has 61 heavy (non-hydrogen) atoms. The number of aromatic nitrogens is 3. The molecule has 0 unspecified atom stereocenters. The van der Waals surface area contributed by atoms with Crippen LogP contribution < -0.4 is 0 Å². The summed E-state index contributed by atoms with van der Waals surface area (Å²) in [6, 6.07) is 79.0. The van der Waals surface area contributed by atoms with Crippen molar-refractivity contribution in [3.8, 4) is 89.0 Å². The predicted octanol–water partition coefficient (Wildman–Crippen LogP) is 15.6. The fourth-order valence-electron chi connectivity index (χ4n) is 8.27. The fourth-order valence-corrected chi connectivity index (χ4v) is 9.64. The summed E-state index contributed by atoms with van der Waals surface area (Å²) in [6.07, 6.45) is 0. The monoisotopic (exact) mass is 795 g/mol. The normalized spacial score (nSPS) is 11.3. The quantitative estimate of drug-likeness (QED) is 0.154. The Morgan fingerprint density at radius 1 is 0.311 bits per heavy atom. The van der Waals surface area contributed by atoms with Gasteiger partial charge in [0.05, 0.1) is 22.6 Å². The largest absolute Gasteiger partial charge is 0.247 e. The summed E-state index contributed by atoms with van der Waals surface area (Å²) in [5.41, 5.74) is 15.9. The average molecular weight is 796 g/mol. The lowest BCUT2D eigenvalue weighted by Crippen LogP contribution is -1.96. The molecule has 11 aromatic rings. The van der Waals surface area contributed by atoms with E-state index in [0.29, 0.717) is 5.82 Å². The van der Waals surface area contributed by atoms with Crippen LogP contribution in [0.5, 0.6) is 0 Å². The third-order valence-electron chi connectivity index (χ3n) is 11.3. The molecule has 0 atom stereocenters. The Balaban J connectivity index is 1.09. The highest BCUT2D eigenvalue weighted by molar-refractivity contribution is 7.24. The minimum Gasteiger partial charge on any atom is -0.247 e. The maximum Gasteiger partial charge on any atom is 0.160 e. The fraction of sp³-hybridized carbons (Fsp3) is 0. The highest BCUT2D eigenvalue weighted by Gasteiger charge is 2.23. The van der Waals surface area contributed by atoms with Crippen LogP contribution in [0, 0.1) is 0 Å². The maximum absolute atomic E-state index is 5.47. The van der Waals surface area contributed by atoms with Gasteiger partial charge in [0.25, 0.3) is 0 Å². The highest BCUT2D eigenvalue weighted by Crippen LogP contribution is 2.50. The van der Waals surface area contributed by atoms with Crippen molar-refractivity contribution in [2.24, 2.45) is 0 Å². The van der Waals surface area contributed by atoms with Crippen molar-refractivity contribution in [2.45, 2.75) is 0 Å². The number of hydrogen-bond donors (Lipinski definition) is 0. The van der Waals surface area contributed by atoms with Gasteiger partial charge in [-0.2, -0.15) is 0 Å². The molecule has 0 bridgehead atoms. The van der Waals surface area contributed by atoms with Gasteiger partial charge < -0.3 is 0 Å². The first kappa shape index (κ1) is 36.3. The van der Waals surface area contributed by atoms with E-state index >= 15 is 0 Å². The van der Waals surface area contributed by atoms with Gasteiger partial charge in [0.15, 0.2) is 5.82 Å². The molecule has 0 aliphatic heterocycles. The van der Waals surface area contributed by atoms with Crippen molar-refractivity contribution in [2.75, 3.05) is 0 Å². The number of thiophene rings is 1. The van der Waals surface area contributed by atoms with E-state index < -0.39 is 0 Å². The second-order valence-electron chi connectivity index (χ2n) is 15.1. The van der Waals surface area contributed by atoms with E-state index in [9.17, 15) is 0 Å². The van der Waals surface area contributed by atoms with Gasteiger partial charge in [0.2, 0.25) is 0 Å². The summed E-state index contributed by atoms with van der Waals surface area (Å²) < 4.78 is 1.23. The Kier molecular flexibility index (Phi) is 9.38. The summed E-state index contributed by atoms with van der Waals surface area (Å²) in [4.78, 5) is 17.2. The topological polar surface area (TPSA) is 38.7 Å². The van der Waals surface area contributed by atoms with Gasteiger partial charge >= 0.3 is 0 Å². The molecule has 11 rings (SSSR count). The van der Waals surface area contributed by atoms with Crippen LogP contribution in [0.15, 0.2) is 224 Å². The molecule has 0 saturated heterocycles. The minimum atomic E-state index is 0.674. The molecule has 4 heteroatoms. The van der Waals surface area contributed by atoms with E-state index in [1.807, 2.05) is 23.5 Å². The van der Waals surface area contributed by atoms with Crippen LogP contribution >= 0.6 is 11.3 Å². The number of hydrogen-bond acceptors (Lipinski definition) is 4. The smallest absolute Gasteiger partial charge is 0.160 e. The number of pyridine rings is 1. The van der Waals surface area contributed by atoms with E-state index in [1.165, 1.54) is 37.4 Å². The van der Waals surface area contributed by atoms with Crippen molar-refractivity contribution in [3.05, 3.63) is 224 Å². The molecule has 0 radical (unpaired) electrons. The molecular formula is C57H37N3S. The predicted molar refractivity (Wildman–Crippen MR) is 256 cm³/mol. The highest BCUT2D eigenvalue weighted by atomic mass is 32.1. The molecule has 0 fully saturated rings. The molecule has 286 valence electrons. The second-order valence-corrected chi connectivity index (χ2v) is 16.2. The molecule has 8 aromatic carbocycles. The Hall–Kier alpha value is -7.79. The summed E-state index contributed by atoms with van der Waals surface area (Å²) in [5.74, 6) is 0.674.